The van der Waals surface area contributed by atoms with Crippen LogP contribution in [0.25, 0.3) is 0 Å². The maximum atomic E-state index is 12.3. The largest absolute Gasteiger partial charge is 0.495 e. The van der Waals surface area contributed by atoms with Gasteiger partial charge in [0.05, 0.1) is 23.1 Å². The van der Waals surface area contributed by atoms with E-state index in [1.807, 2.05) is 24.3 Å². The highest BCUT2D eigenvalue weighted by atomic mass is 35.5. The molecule has 0 aliphatic carbocycles. The van der Waals surface area contributed by atoms with E-state index in [2.05, 4.69) is 17.6 Å². The van der Waals surface area contributed by atoms with Crippen LogP contribution < -0.4 is 15.4 Å². The molecule has 27 heavy (non-hydrogen) atoms. The first-order chi connectivity index (χ1) is 12.9. The van der Waals surface area contributed by atoms with Crippen molar-refractivity contribution in [1.82, 2.24) is 0 Å². The van der Waals surface area contributed by atoms with E-state index in [0.29, 0.717) is 16.5 Å². The molecular formula is C20H23ClN2O3S. The highest BCUT2D eigenvalue weighted by Gasteiger charge is 2.16. The van der Waals surface area contributed by atoms with E-state index in [1.54, 1.807) is 25.1 Å². The zero-order chi connectivity index (χ0) is 19.8. The number of amides is 2. The number of rotatable bonds is 8. The molecule has 0 aromatic heterocycles. The number of halogens is 1. The van der Waals surface area contributed by atoms with Gasteiger partial charge in [0.15, 0.2) is 0 Å². The number of aryl methyl sites for hydroxylation is 1. The fourth-order valence-corrected chi connectivity index (χ4v) is 3.23. The molecular weight excluding hydrogens is 384 g/mol. The van der Waals surface area contributed by atoms with Gasteiger partial charge in [0.2, 0.25) is 11.8 Å². The second-order valence-corrected chi connectivity index (χ2v) is 7.63. The summed E-state index contributed by atoms with van der Waals surface area (Å²) in [7, 11) is 1.53. The minimum absolute atomic E-state index is 0.142. The molecule has 5 nitrogen and oxygen atoms in total. The van der Waals surface area contributed by atoms with Crippen LogP contribution in [0.3, 0.4) is 0 Å². The van der Waals surface area contributed by atoms with Gasteiger partial charge in [-0.25, -0.2) is 0 Å². The molecule has 0 unspecified atom stereocenters. The van der Waals surface area contributed by atoms with Crippen LogP contribution in [-0.4, -0.2) is 29.9 Å². The Morgan fingerprint density at radius 1 is 1.11 bits per heavy atom. The summed E-state index contributed by atoms with van der Waals surface area (Å²) >= 11 is 7.33. The summed E-state index contributed by atoms with van der Waals surface area (Å²) < 4.78 is 5.09. The van der Waals surface area contributed by atoms with E-state index < -0.39 is 0 Å². The number of hydrogen-bond acceptors (Lipinski definition) is 4. The molecule has 0 aliphatic heterocycles. The van der Waals surface area contributed by atoms with Crippen LogP contribution in [0.4, 0.5) is 11.4 Å². The smallest absolute Gasteiger partial charge is 0.237 e. The topological polar surface area (TPSA) is 67.4 Å². The molecule has 0 saturated heterocycles. The zero-order valence-corrected chi connectivity index (χ0v) is 17.1. The molecule has 0 saturated carbocycles. The second kappa shape index (κ2) is 10.2. The fourth-order valence-electron chi connectivity index (χ4n) is 2.29. The van der Waals surface area contributed by atoms with E-state index in [0.717, 1.165) is 12.1 Å². The van der Waals surface area contributed by atoms with Crippen molar-refractivity contribution in [3.63, 3.8) is 0 Å². The molecule has 0 spiro atoms. The van der Waals surface area contributed by atoms with Gasteiger partial charge in [-0.2, -0.15) is 0 Å². The zero-order valence-electron chi connectivity index (χ0n) is 15.5. The van der Waals surface area contributed by atoms with E-state index in [1.165, 1.54) is 24.4 Å². The molecule has 0 bridgehead atoms. The average Bonchev–Trinajstić information content (AvgIpc) is 2.66. The molecule has 2 rings (SSSR count). The Bertz CT molecular complexity index is 796. The maximum Gasteiger partial charge on any atom is 0.237 e. The number of nitrogens with one attached hydrogen (secondary N) is 2. The molecule has 0 heterocycles. The Balaban J connectivity index is 1.81. The Hall–Kier alpha value is -2.18. The number of thioether (sulfide) groups is 1. The number of hydrogen-bond donors (Lipinski definition) is 2. The molecule has 7 heteroatoms. The number of anilines is 2. The van der Waals surface area contributed by atoms with Gasteiger partial charge in [0.25, 0.3) is 0 Å². The quantitative estimate of drug-likeness (QED) is 0.671. The molecule has 0 radical (unpaired) electrons. The standard InChI is InChI=1S/C20H23ClN2O3S/c1-4-14-5-7-15(8-6-14)22-19(24)12-27-13(2)20(25)23-16-9-10-18(26-3)17(21)11-16/h5-11,13H,4,12H2,1-3H3,(H,22,24)(H,23,25)/t13-/m1/s1. The third-order valence-corrected chi connectivity index (χ3v) is 5.34. The van der Waals surface area contributed by atoms with Gasteiger partial charge >= 0.3 is 0 Å². The lowest BCUT2D eigenvalue weighted by Gasteiger charge is -2.13. The lowest BCUT2D eigenvalue weighted by molar-refractivity contribution is -0.115. The van der Waals surface area contributed by atoms with Crippen LogP contribution in [0.1, 0.15) is 19.4 Å². The van der Waals surface area contributed by atoms with Crippen molar-refractivity contribution in [2.75, 3.05) is 23.5 Å². The third kappa shape index (κ3) is 6.48. The molecule has 0 aliphatic rings. The summed E-state index contributed by atoms with van der Waals surface area (Å²) in [6, 6.07) is 12.8. The molecule has 0 fully saturated rings. The number of carbonyl (C=O) groups is 2. The second-order valence-electron chi connectivity index (χ2n) is 5.89. The normalized spacial score (nSPS) is 11.6. The van der Waals surface area contributed by atoms with Crippen LogP contribution in [0.2, 0.25) is 5.02 Å². The molecule has 2 aromatic rings. The lowest BCUT2D eigenvalue weighted by atomic mass is 10.1. The van der Waals surface area contributed by atoms with Crippen LogP contribution in [0.15, 0.2) is 42.5 Å². The fraction of sp³-hybridized carbons (Fsp3) is 0.300. The molecule has 1 atom stereocenters. The lowest BCUT2D eigenvalue weighted by Crippen LogP contribution is -2.25. The Morgan fingerprint density at radius 3 is 2.37 bits per heavy atom. The van der Waals surface area contributed by atoms with Crippen molar-refractivity contribution in [2.45, 2.75) is 25.5 Å². The van der Waals surface area contributed by atoms with Crippen molar-refractivity contribution in [3.8, 4) is 5.75 Å². The Labute approximate surface area is 168 Å². The van der Waals surface area contributed by atoms with Crippen molar-refractivity contribution in [3.05, 3.63) is 53.1 Å². The first-order valence-electron chi connectivity index (χ1n) is 8.57. The van der Waals surface area contributed by atoms with Gasteiger partial charge in [0, 0.05) is 11.4 Å². The Kier molecular flexibility index (Phi) is 8.00. The minimum Gasteiger partial charge on any atom is -0.495 e. The molecule has 2 N–H and O–H groups in total. The minimum atomic E-state index is -0.390. The van der Waals surface area contributed by atoms with Crippen LogP contribution in [-0.2, 0) is 16.0 Å². The van der Waals surface area contributed by atoms with Gasteiger partial charge in [-0.05, 0) is 49.2 Å². The monoisotopic (exact) mass is 406 g/mol. The van der Waals surface area contributed by atoms with E-state index in [9.17, 15) is 9.59 Å². The predicted octanol–water partition coefficient (Wildman–Crippen LogP) is 4.61. The number of benzene rings is 2. The van der Waals surface area contributed by atoms with Gasteiger partial charge in [-0.15, -0.1) is 11.8 Å². The van der Waals surface area contributed by atoms with E-state index >= 15 is 0 Å². The van der Waals surface area contributed by atoms with Gasteiger partial charge < -0.3 is 15.4 Å². The van der Waals surface area contributed by atoms with Gasteiger partial charge in [0.1, 0.15) is 5.75 Å². The summed E-state index contributed by atoms with van der Waals surface area (Å²) in [5.41, 5.74) is 2.55. The van der Waals surface area contributed by atoms with Crippen molar-refractivity contribution >= 4 is 46.6 Å². The van der Waals surface area contributed by atoms with Crippen LogP contribution >= 0.6 is 23.4 Å². The number of ether oxygens (including phenoxy) is 1. The molecule has 2 amide bonds. The van der Waals surface area contributed by atoms with Crippen LogP contribution in [0, 0.1) is 0 Å². The summed E-state index contributed by atoms with van der Waals surface area (Å²) in [6.45, 7) is 3.84. The van der Waals surface area contributed by atoms with Crippen molar-refractivity contribution in [2.24, 2.45) is 0 Å². The average molecular weight is 407 g/mol. The highest BCUT2D eigenvalue weighted by Crippen LogP contribution is 2.27. The maximum absolute atomic E-state index is 12.3. The number of methoxy groups -OCH3 is 1. The molecule has 144 valence electrons. The van der Waals surface area contributed by atoms with E-state index in [4.69, 9.17) is 16.3 Å². The Morgan fingerprint density at radius 2 is 1.78 bits per heavy atom. The SMILES string of the molecule is CCc1ccc(NC(=O)CS[C@H](C)C(=O)Nc2ccc(OC)c(Cl)c2)cc1. The van der Waals surface area contributed by atoms with Crippen molar-refractivity contribution in [1.29, 1.82) is 0 Å². The predicted molar refractivity (Wildman–Crippen MR) is 113 cm³/mol. The highest BCUT2D eigenvalue weighted by molar-refractivity contribution is 8.01. The van der Waals surface area contributed by atoms with Gasteiger partial charge in [-0.3, -0.25) is 9.59 Å². The third-order valence-electron chi connectivity index (χ3n) is 3.90. The summed E-state index contributed by atoms with van der Waals surface area (Å²) in [6.07, 6.45) is 0.954. The summed E-state index contributed by atoms with van der Waals surface area (Å²) in [4.78, 5) is 24.4. The summed E-state index contributed by atoms with van der Waals surface area (Å²) in [5.74, 6) is 0.395. The van der Waals surface area contributed by atoms with Gasteiger partial charge in [-0.1, -0.05) is 30.7 Å². The van der Waals surface area contributed by atoms with Crippen LogP contribution in [0.5, 0.6) is 5.75 Å². The van der Waals surface area contributed by atoms with Crippen molar-refractivity contribution < 1.29 is 14.3 Å². The summed E-state index contributed by atoms with van der Waals surface area (Å²) in [5, 5.41) is 5.65. The number of carbonyl (C=O) groups excluding carboxylic acids is 2. The first kappa shape index (κ1) is 21.1. The van der Waals surface area contributed by atoms with E-state index in [-0.39, 0.29) is 22.8 Å². The first-order valence-corrected chi connectivity index (χ1v) is 10.0. The molecule has 2 aromatic carbocycles.